The number of ether oxygens (including phenoxy) is 1. The molecule has 0 spiro atoms. The topological polar surface area (TPSA) is 49.8 Å². The van der Waals surface area contributed by atoms with Crippen molar-refractivity contribution in [3.8, 4) is 12.3 Å². The monoisotopic (exact) mass is 201 g/mol. The number of terminal acetylenes is 1. The van der Waals surface area contributed by atoms with Crippen molar-refractivity contribution < 1.29 is 19.0 Å². The van der Waals surface area contributed by atoms with E-state index in [0.717, 1.165) is 4.90 Å². The van der Waals surface area contributed by atoms with Crippen LogP contribution in [0.15, 0.2) is 0 Å². The molecule has 2 atom stereocenters. The Kier molecular flexibility index (Phi) is 3.72. The van der Waals surface area contributed by atoms with Crippen LogP contribution in [0.25, 0.3) is 0 Å². The van der Waals surface area contributed by atoms with Crippen molar-refractivity contribution in [3.63, 3.8) is 0 Å². The lowest BCUT2D eigenvalue weighted by Gasteiger charge is -2.32. The molecule has 5 heteroatoms. The van der Waals surface area contributed by atoms with Crippen LogP contribution in [0.4, 0.5) is 9.18 Å². The van der Waals surface area contributed by atoms with Gasteiger partial charge in [-0.25, -0.2) is 9.18 Å². The molecule has 14 heavy (non-hydrogen) atoms. The lowest BCUT2D eigenvalue weighted by atomic mass is 10.1. The van der Waals surface area contributed by atoms with E-state index in [-0.39, 0.29) is 13.2 Å². The molecule has 0 unspecified atom stereocenters. The summed E-state index contributed by atoms with van der Waals surface area (Å²) in [6.45, 7) is 0.230. The zero-order valence-electron chi connectivity index (χ0n) is 7.65. The number of hydrogen-bond acceptors (Lipinski definition) is 2. The number of likely N-dealkylation sites (tertiary alicyclic amines) is 1. The van der Waals surface area contributed by atoms with E-state index in [9.17, 15) is 9.18 Å². The predicted octanol–water partition coefficient (Wildman–Crippen LogP) is 0.727. The van der Waals surface area contributed by atoms with Crippen molar-refractivity contribution in [1.29, 1.82) is 0 Å². The maximum atomic E-state index is 13.3. The quantitative estimate of drug-likeness (QED) is 0.670. The van der Waals surface area contributed by atoms with Gasteiger partial charge in [0, 0.05) is 6.54 Å². The van der Waals surface area contributed by atoms with E-state index in [2.05, 4.69) is 5.92 Å². The van der Waals surface area contributed by atoms with Crippen LogP contribution in [0.3, 0.4) is 0 Å². The summed E-state index contributed by atoms with van der Waals surface area (Å²) in [5.74, 6) is 2.25. The maximum absolute atomic E-state index is 13.3. The molecule has 78 valence electrons. The number of piperidine rings is 1. The molecule has 0 aromatic rings. The third kappa shape index (κ3) is 2.60. The van der Waals surface area contributed by atoms with Gasteiger partial charge in [-0.1, -0.05) is 5.92 Å². The van der Waals surface area contributed by atoms with Gasteiger partial charge in [-0.05, 0) is 6.42 Å². The maximum Gasteiger partial charge on any atom is 0.407 e. The number of rotatable bonds is 2. The Labute approximate surface area is 81.6 Å². The first-order chi connectivity index (χ1) is 6.65. The van der Waals surface area contributed by atoms with Crippen LogP contribution in [-0.2, 0) is 4.74 Å². The number of halogens is 1. The zero-order valence-corrected chi connectivity index (χ0v) is 7.65. The smallest absolute Gasteiger partial charge is 0.407 e. The average Bonchev–Trinajstić information content (AvgIpc) is 2.15. The standard InChI is InChI=1S/C9H12FNO3/c1-2-5-14-8-3-4-11(9(12)13)6-7(8)10/h1,7-8H,3-6H2,(H,12,13)/t7-,8-/m1/s1. The van der Waals surface area contributed by atoms with Crippen LogP contribution in [0.1, 0.15) is 6.42 Å². The molecule has 1 heterocycles. The van der Waals surface area contributed by atoms with Crippen molar-refractivity contribution in [2.24, 2.45) is 0 Å². The molecule has 1 aliphatic rings. The van der Waals surface area contributed by atoms with Gasteiger partial charge in [0.1, 0.15) is 12.8 Å². The van der Waals surface area contributed by atoms with Gasteiger partial charge in [-0.15, -0.1) is 6.42 Å². The summed E-state index contributed by atoms with van der Waals surface area (Å²) >= 11 is 0. The predicted molar refractivity (Wildman–Crippen MR) is 47.7 cm³/mol. The molecule has 0 aromatic heterocycles. The highest BCUT2D eigenvalue weighted by Crippen LogP contribution is 2.17. The molecule has 0 radical (unpaired) electrons. The summed E-state index contributed by atoms with van der Waals surface area (Å²) in [5, 5.41) is 8.60. The first-order valence-electron chi connectivity index (χ1n) is 4.32. The number of carbonyl (C=O) groups is 1. The van der Waals surface area contributed by atoms with E-state index < -0.39 is 18.4 Å². The lowest BCUT2D eigenvalue weighted by Crippen LogP contribution is -2.47. The minimum atomic E-state index is -1.28. The van der Waals surface area contributed by atoms with Crippen LogP contribution in [0.5, 0.6) is 0 Å². The van der Waals surface area contributed by atoms with Crippen LogP contribution in [0.2, 0.25) is 0 Å². The van der Waals surface area contributed by atoms with Crippen molar-refractivity contribution in [2.75, 3.05) is 19.7 Å². The summed E-state index contributed by atoms with van der Waals surface area (Å²) in [7, 11) is 0. The number of nitrogens with zero attached hydrogens (tertiary/aromatic N) is 1. The van der Waals surface area contributed by atoms with Crippen LogP contribution < -0.4 is 0 Å². The van der Waals surface area contributed by atoms with Gasteiger partial charge < -0.3 is 14.7 Å². The second kappa shape index (κ2) is 4.82. The van der Waals surface area contributed by atoms with Gasteiger partial charge in [0.25, 0.3) is 0 Å². The molecule has 1 aliphatic heterocycles. The first-order valence-corrected chi connectivity index (χ1v) is 4.32. The summed E-state index contributed by atoms with van der Waals surface area (Å²) in [6, 6.07) is 0. The normalized spacial score (nSPS) is 27.0. The summed E-state index contributed by atoms with van der Waals surface area (Å²) in [5.41, 5.74) is 0. The molecule has 1 fully saturated rings. The van der Waals surface area contributed by atoms with Gasteiger partial charge >= 0.3 is 6.09 Å². The van der Waals surface area contributed by atoms with E-state index in [1.807, 2.05) is 0 Å². The third-order valence-corrected chi connectivity index (χ3v) is 2.13. The summed E-state index contributed by atoms with van der Waals surface area (Å²) in [4.78, 5) is 11.5. The number of hydrogen-bond donors (Lipinski definition) is 1. The molecule has 0 aromatic carbocycles. The van der Waals surface area contributed by atoms with E-state index >= 15 is 0 Å². The Balaban J connectivity index is 2.40. The number of alkyl halides is 1. The van der Waals surface area contributed by atoms with Gasteiger partial charge in [0.2, 0.25) is 0 Å². The molecule has 0 saturated carbocycles. The van der Waals surface area contributed by atoms with E-state index in [1.54, 1.807) is 0 Å². The minimum absolute atomic E-state index is 0.0676. The zero-order chi connectivity index (χ0) is 10.6. The second-order valence-corrected chi connectivity index (χ2v) is 3.09. The molecule has 0 aliphatic carbocycles. The Morgan fingerprint density at radius 1 is 1.79 bits per heavy atom. The Morgan fingerprint density at radius 2 is 2.50 bits per heavy atom. The number of amides is 1. The fraction of sp³-hybridized carbons (Fsp3) is 0.667. The van der Waals surface area contributed by atoms with Crippen LogP contribution in [0, 0.1) is 12.3 Å². The largest absolute Gasteiger partial charge is 0.465 e. The van der Waals surface area contributed by atoms with E-state index in [0.29, 0.717) is 13.0 Å². The van der Waals surface area contributed by atoms with Crippen molar-refractivity contribution in [3.05, 3.63) is 0 Å². The summed E-state index contributed by atoms with van der Waals surface area (Å²) < 4.78 is 18.3. The van der Waals surface area contributed by atoms with Gasteiger partial charge in [0.05, 0.1) is 12.6 Å². The fourth-order valence-electron chi connectivity index (χ4n) is 1.40. The molecular formula is C9H12FNO3. The molecule has 4 nitrogen and oxygen atoms in total. The highest BCUT2D eigenvalue weighted by molar-refractivity contribution is 5.65. The van der Waals surface area contributed by atoms with E-state index in [1.165, 1.54) is 0 Å². The Hall–Kier alpha value is -1.28. The molecule has 1 N–H and O–H groups in total. The van der Waals surface area contributed by atoms with Gasteiger partial charge in [0.15, 0.2) is 0 Å². The average molecular weight is 201 g/mol. The van der Waals surface area contributed by atoms with Crippen molar-refractivity contribution >= 4 is 6.09 Å². The van der Waals surface area contributed by atoms with Gasteiger partial charge in [-0.3, -0.25) is 0 Å². The minimum Gasteiger partial charge on any atom is -0.465 e. The van der Waals surface area contributed by atoms with E-state index in [4.69, 9.17) is 16.3 Å². The van der Waals surface area contributed by atoms with Gasteiger partial charge in [-0.2, -0.15) is 0 Å². The van der Waals surface area contributed by atoms with Crippen molar-refractivity contribution in [1.82, 2.24) is 4.90 Å². The molecule has 1 saturated heterocycles. The Bertz CT molecular complexity index is 251. The number of carboxylic acid groups (broad SMARTS) is 1. The highest BCUT2D eigenvalue weighted by Gasteiger charge is 2.31. The second-order valence-electron chi connectivity index (χ2n) is 3.09. The first kappa shape index (κ1) is 10.8. The SMILES string of the molecule is C#CCO[C@@H]1CCN(C(=O)O)C[C@H]1F. The third-order valence-electron chi connectivity index (χ3n) is 2.13. The molecule has 0 bridgehead atoms. The van der Waals surface area contributed by atoms with Crippen LogP contribution >= 0.6 is 0 Å². The summed E-state index contributed by atoms with van der Waals surface area (Å²) in [6.07, 6.45) is 2.37. The fourth-order valence-corrected chi connectivity index (χ4v) is 1.40. The Morgan fingerprint density at radius 3 is 3.00 bits per heavy atom. The molecule has 1 amide bonds. The lowest BCUT2D eigenvalue weighted by molar-refractivity contribution is -0.0293. The van der Waals surface area contributed by atoms with Crippen LogP contribution in [-0.4, -0.2) is 48.1 Å². The highest BCUT2D eigenvalue weighted by atomic mass is 19.1. The van der Waals surface area contributed by atoms with Crippen molar-refractivity contribution in [2.45, 2.75) is 18.7 Å². The molecule has 1 rings (SSSR count). The molecular weight excluding hydrogens is 189 g/mol.